The number of aromatic nitrogens is 4. The number of benzene rings is 2. The summed E-state index contributed by atoms with van der Waals surface area (Å²) in [6.07, 6.45) is 3.44. The number of hydrogen-bond donors (Lipinski definition) is 1. The van der Waals surface area contributed by atoms with E-state index in [1.54, 1.807) is 36.3 Å². The van der Waals surface area contributed by atoms with Gasteiger partial charge in [0.1, 0.15) is 11.7 Å². The SMILES string of the molecule is COc1ccccc1NC(=O)C1C(C)=Nc2nc(SCc3ccccc3Cl)nn2C1c1cccnc1. The van der Waals surface area contributed by atoms with Crippen LogP contribution in [-0.2, 0) is 10.5 Å². The molecule has 0 saturated heterocycles. The second-order valence-corrected chi connectivity index (χ2v) is 9.52. The highest BCUT2D eigenvalue weighted by molar-refractivity contribution is 7.98. The number of aliphatic imine (C=N–C) groups is 1. The van der Waals surface area contributed by atoms with Crippen LogP contribution in [0.2, 0.25) is 5.02 Å². The van der Waals surface area contributed by atoms with E-state index < -0.39 is 12.0 Å². The lowest BCUT2D eigenvalue weighted by atomic mass is 9.88. The highest BCUT2D eigenvalue weighted by Crippen LogP contribution is 2.38. The van der Waals surface area contributed by atoms with Crippen molar-refractivity contribution < 1.29 is 9.53 Å². The third-order valence-corrected chi connectivity index (χ3v) is 7.14. The first-order valence-corrected chi connectivity index (χ1v) is 12.6. The van der Waals surface area contributed by atoms with Crippen LogP contribution in [0.3, 0.4) is 0 Å². The molecule has 2 aromatic heterocycles. The normalized spacial score (nSPS) is 16.7. The van der Waals surface area contributed by atoms with Gasteiger partial charge in [0.2, 0.25) is 17.0 Å². The molecule has 2 aromatic carbocycles. The lowest BCUT2D eigenvalue weighted by Gasteiger charge is -2.30. The van der Waals surface area contributed by atoms with Crippen molar-refractivity contribution in [3.05, 3.63) is 89.2 Å². The minimum Gasteiger partial charge on any atom is -0.495 e. The third-order valence-electron chi connectivity index (χ3n) is 5.89. The predicted molar refractivity (Wildman–Crippen MR) is 141 cm³/mol. The molecular formula is C26H23ClN6O2S. The van der Waals surface area contributed by atoms with Gasteiger partial charge >= 0.3 is 0 Å². The topological polar surface area (TPSA) is 94.3 Å². The maximum absolute atomic E-state index is 13.6. The molecule has 8 nitrogen and oxygen atoms in total. The monoisotopic (exact) mass is 518 g/mol. The average Bonchev–Trinajstić information content (AvgIpc) is 3.30. The number of amides is 1. The summed E-state index contributed by atoms with van der Waals surface area (Å²) in [5.41, 5.74) is 3.05. The van der Waals surface area contributed by atoms with Crippen molar-refractivity contribution in [3.8, 4) is 5.75 Å². The largest absolute Gasteiger partial charge is 0.495 e. The van der Waals surface area contributed by atoms with E-state index >= 15 is 0 Å². The number of hydrogen-bond acceptors (Lipinski definition) is 7. The van der Waals surface area contributed by atoms with Gasteiger partial charge in [0.15, 0.2) is 0 Å². The Morgan fingerprint density at radius 3 is 2.72 bits per heavy atom. The van der Waals surface area contributed by atoms with Gasteiger partial charge in [0.25, 0.3) is 0 Å². The number of halogens is 1. The highest BCUT2D eigenvalue weighted by atomic mass is 35.5. The van der Waals surface area contributed by atoms with Crippen LogP contribution in [0.25, 0.3) is 0 Å². The summed E-state index contributed by atoms with van der Waals surface area (Å²) in [5.74, 6) is 0.787. The molecule has 1 aliphatic heterocycles. The molecule has 0 aliphatic carbocycles. The molecule has 10 heteroatoms. The fraction of sp³-hybridized carbons (Fsp3) is 0.192. The van der Waals surface area contributed by atoms with E-state index in [0.717, 1.165) is 11.1 Å². The number of fused-ring (bicyclic) bond motifs is 1. The minimum absolute atomic E-state index is 0.221. The van der Waals surface area contributed by atoms with Gasteiger partial charge in [0.05, 0.1) is 18.8 Å². The van der Waals surface area contributed by atoms with E-state index in [4.69, 9.17) is 21.4 Å². The molecule has 1 aliphatic rings. The Morgan fingerprint density at radius 2 is 1.94 bits per heavy atom. The molecule has 1 amide bonds. The van der Waals surface area contributed by atoms with Crippen LogP contribution in [-0.4, -0.2) is 38.5 Å². The minimum atomic E-state index is -0.630. The lowest BCUT2D eigenvalue weighted by Crippen LogP contribution is -2.39. The Morgan fingerprint density at radius 1 is 1.14 bits per heavy atom. The molecule has 0 fully saturated rings. The van der Waals surface area contributed by atoms with Crippen LogP contribution in [0.1, 0.15) is 24.1 Å². The Balaban J connectivity index is 1.48. The Hall–Kier alpha value is -3.69. The standard InChI is InChI=1S/C26H23ClN6O2S/c1-16-22(24(34)30-20-11-5-6-12-21(20)35-2)23(17-9-7-13-28-14-17)33-25(29-16)31-26(32-33)36-15-18-8-3-4-10-19(18)27/h3-14,22-23H,15H2,1-2H3,(H,30,34). The second-order valence-electron chi connectivity index (χ2n) is 8.17. The van der Waals surface area contributed by atoms with E-state index in [2.05, 4.69) is 20.3 Å². The second kappa shape index (κ2) is 10.5. The van der Waals surface area contributed by atoms with Gasteiger partial charge < -0.3 is 10.1 Å². The van der Waals surface area contributed by atoms with E-state index in [1.165, 1.54) is 11.8 Å². The highest BCUT2D eigenvalue weighted by Gasteiger charge is 2.39. The molecule has 0 spiro atoms. The molecule has 0 radical (unpaired) electrons. The molecule has 0 saturated carbocycles. The quantitative estimate of drug-likeness (QED) is 0.321. The fourth-order valence-corrected chi connectivity index (χ4v) is 5.26. The summed E-state index contributed by atoms with van der Waals surface area (Å²) >= 11 is 7.78. The van der Waals surface area contributed by atoms with Gasteiger partial charge in [-0.2, -0.15) is 4.98 Å². The number of nitrogens with zero attached hydrogens (tertiary/aromatic N) is 5. The van der Waals surface area contributed by atoms with Crippen LogP contribution >= 0.6 is 23.4 Å². The van der Waals surface area contributed by atoms with E-state index in [0.29, 0.717) is 39.0 Å². The molecular weight excluding hydrogens is 496 g/mol. The van der Waals surface area contributed by atoms with E-state index in [9.17, 15) is 4.79 Å². The lowest BCUT2D eigenvalue weighted by molar-refractivity contribution is -0.118. The van der Waals surface area contributed by atoms with Crippen LogP contribution < -0.4 is 10.1 Å². The van der Waals surface area contributed by atoms with Gasteiger partial charge in [0, 0.05) is 28.9 Å². The first-order chi connectivity index (χ1) is 17.5. The summed E-state index contributed by atoms with van der Waals surface area (Å²) in [7, 11) is 1.57. The molecule has 182 valence electrons. The molecule has 5 rings (SSSR count). The van der Waals surface area contributed by atoms with Crippen molar-refractivity contribution >= 4 is 46.6 Å². The number of ether oxygens (including phenoxy) is 1. The number of pyridine rings is 1. The first-order valence-electron chi connectivity index (χ1n) is 11.3. The summed E-state index contributed by atoms with van der Waals surface area (Å²) in [6.45, 7) is 1.84. The van der Waals surface area contributed by atoms with Crippen LogP contribution in [0.4, 0.5) is 11.6 Å². The zero-order valence-electron chi connectivity index (χ0n) is 19.6. The number of carbonyl (C=O) groups excluding carboxylic acids is 1. The molecule has 0 bridgehead atoms. The van der Waals surface area contributed by atoms with Gasteiger partial charge in [-0.15, -0.1) is 5.10 Å². The van der Waals surface area contributed by atoms with Crippen molar-refractivity contribution in [1.29, 1.82) is 0 Å². The smallest absolute Gasteiger partial charge is 0.249 e. The number of thioether (sulfide) groups is 1. The van der Waals surface area contributed by atoms with Crippen molar-refractivity contribution in [3.63, 3.8) is 0 Å². The Kier molecular flexibility index (Phi) is 7.02. The number of para-hydroxylation sites is 2. The number of anilines is 1. The molecule has 3 heterocycles. The summed E-state index contributed by atoms with van der Waals surface area (Å²) in [6, 6.07) is 18.3. The zero-order valence-corrected chi connectivity index (χ0v) is 21.2. The number of methoxy groups -OCH3 is 1. The average molecular weight is 519 g/mol. The first kappa shape index (κ1) is 24.0. The number of rotatable bonds is 7. The Labute approximate surface area is 217 Å². The molecule has 36 heavy (non-hydrogen) atoms. The van der Waals surface area contributed by atoms with Crippen molar-refractivity contribution in [2.75, 3.05) is 12.4 Å². The number of nitrogens with one attached hydrogen (secondary N) is 1. The zero-order chi connectivity index (χ0) is 25.1. The maximum atomic E-state index is 13.6. The van der Waals surface area contributed by atoms with Crippen LogP contribution in [0.15, 0.2) is 83.2 Å². The Bertz CT molecular complexity index is 1420. The van der Waals surface area contributed by atoms with Gasteiger partial charge in [-0.1, -0.05) is 59.8 Å². The number of carbonyl (C=O) groups is 1. The molecule has 1 N–H and O–H groups in total. The van der Waals surface area contributed by atoms with Crippen molar-refractivity contribution in [2.24, 2.45) is 10.9 Å². The van der Waals surface area contributed by atoms with Gasteiger partial charge in [-0.3, -0.25) is 9.78 Å². The summed E-state index contributed by atoms with van der Waals surface area (Å²) < 4.78 is 7.12. The van der Waals surface area contributed by atoms with Crippen LogP contribution in [0, 0.1) is 5.92 Å². The maximum Gasteiger partial charge on any atom is 0.249 e. The predicted octanol–water partition coefficient (Wildman–Crippen LogP) is 5.58. The fourth-order valence-electron chi connectivity index (χ4n) is 4.15. The van der Waals surface area contributed by atoms with Gasteiger partial charge in [-0.05, 0) is 42.3 Å². The molecule has 2 atom stereocenters. The van der Waals surface area contributed by atoms with Gasteiger partial charge in [-0.25, -0.2) is 9.67 Å². The third kappa shape index (κ3) is 4.84. The molecule has 4 aromatic rings. The van der Waals surface area contributed by atoms with Crippen molar-refractivity contribution in [2.45, 2.75) is 23.9 Å². The van der Waals surface area contributed by atoms with E-state index in [1.807, 2.05) is 55.5 Å². The van der Waals surface area contributed by atoms with Crippen LogP contribution in [0.5, 0.6) is 5.75 Å². The molecule has 2 unspecified atom stereocenters. The van der Waals surface area contributed by atoms with Crippen molar-refractivity contribution in [1.82, 2.24) is 19.7 Å². The summed E-state index contributed by atoms with van der Waals surface area (Å²) in [5, 5.41) is 9.01. The summed E-state index contributed by atoms with van der Waals surface area (Å²) in [4.78, 5) is 27.2. The van der Waals surface area contributed by atoms with E-state index in [-0.39, 0.29) is 5.91 Å².